The molecule has 142 valence electrons. The van der Waals surface area contributed by atoms with Crippen LogP contribution in [0.15, 0.2) is 21.5 Å². The minimum absolute atomic E-state index is 0.0277. The van der Waals surface area contributed by atoms with Crippen LogP contribution in [0.3, 0.4) is 0 Å². The van der Waals surface area contributed by atoms with Crippen LogP contribution in [0.5, 0.6) is 0 Å². The molecule has 6 nitrogen and oxygen atoms in total. The molecule has 0 radical (unpaired) electrons. The van der Waals surface area contributed by atoms with Crippen LogP contribution >= 0.6 is 15.9 Å². The van der Waals surface area contributed by atoms with Crippen molar-refractivity contribution in [3.63, 3.8) is 0 Å². The van der Waals surface area contributed by atoms with Crippen molar-refractivity contribution in [2.24, 2.45) is 0 Å². The molecule has 25 heavy (non-hydrogen) atoms. The van der Waals surface area contributed by atoms with Crippen molar-refractivity contribution in [1.29, 1.82) is 0 Å². The standard InChI is InChI=1S/C10H11BrF2N2O2S.C5H10O2/c11-7-5-8(12)9(13)6-10(7)18(16,17)15-3-1-14-2-4-15;1-5(2,3)7-4-6/h5-6,14H,1-4H2;4H,1-3H3. The van der Waals surface area contributed by atoms with Gasteiger partial charge in [0.2, 0.25) is 10.0 Å². The summed E-state index contributed by atoms with van der Waals surface area (Å²) in [6.45, 7) is 7.63. The van der Waals surface area contributed by atoms with Crippen LogP contribution in [0, 0.1) is 11.6 Å². The Bertz CT molecular complexity index is 702. The van der Waals surface area contributed by atoms with Crippen molar-refractivity contribution >= 4 is 32.4 Å². The summed E-state index contributed by atoms with van der Waals surface area (Å²) in [4.78, 5) is 9.35. The molecule has 0 amide bonds. The van der Waals surface area contributed by atoms with Gasteiger partial charge in [-0.05, 0) is 48.8 Å². The summed E-state index contributed by atoms with van der Waals surface area (Å²) in [7, 11) is -3.79. The van der Waals surface area contributed by atoms with E-state index in [4.69, 9.17) is 0 Å². The second kappa shape index (κ2) is 9.02. The molecule has 0 spiro atoms. The highest BCUT2D eigenvalue weighted by molar-refractivity contribution is 9.10. The third-order valence-electron chi connectivity index (χ3n) is 3.07. The second-order valence-electron chi connectivity index (χ2n) is 6.18. The van der Waals surface area contributed by atoms with Crippen LogP contribution in [0.2, 0.25) is 0 Å². The van der Waals surface area contributed by atoms with Gasteiger partial charge in [-0.3, -0.25) is 4.79 Å². The fourth-order valence-corrected chi connectivity index (χ4v) is 4.30. The summed E-state index contributed by atoms with van der Waals surface area (Å²) in [5.41, 5.74) is -0.318. The number of sulfonamides is 1. The third-order valence-corrected chi connectivity index (χ3v) is 5.93. The molecule has 1 fully saturated rings. The third kappa shape index (κ3) is 6.61. The Morgan fingerprint density at radius 1 is 1.20 bits per heavy atom. The number of nitrogens with zero attached hydrogens (tertiary/aromatic N) is 1. The molecule has 1 N–H and O–H groups in total. The lowest BCUT2D eigenvalue weighted by Gasteiger charge is -2.27. The van der Waals surface area contributed by atoms with E-state index in [1.165, 1.54) is 4.31 Å². The van der Waals surface area contributed by atoms with Crippen molar-refractivity contribution in [3.8, 4) is 0 Å². The van der Waals surface area contributed by atoms with Gasteiger partial charge >= 0.3 is 0 Å². The van der Waals surface area contributed by atoms with Crippen LogP contribution in [-0.4, -0.2) is 51.0 Å². The van der Waals surface area contributed by atoms with Gasteiger partial charge in [-0.25, -0.2) is 17.2 Å². The summed E-state index contributed by atoms with van der Waals surface area (Å²) in [6, 6.07) is 1.53. The first kappa shape index (κ1) is 21.9. The fourth-order valence-electron chi connectivity index (χ4n) is 1.87. The van der Waals surface area contributed by atoms with Crippen LogP contribution < -0.4 is 5.32 Å². The molecule has 1 saturated heterocycles. The van der Waals surface area contributed by atoms with Gasteiger partial charge in [0.05, 0.1) is 4.90 Å². The smallest absolute Gasteiger partial charge is 0.293 e. The lowest BCUT2D eigenvalue weighted by Crippen LogP contribution is -2.46. The average molecular weight is 443 g/mol. The molecule has 1 aliphatic heterocycles. The van der Waals surface area contributed by atoms with Crippen LogP contribution in [0.1, 0.15) is 20.8 Å². The number of halogens is 3. The van der Waals surface area contributed by atoms with Crippen molar-refractivity contribution < 1.29 is 26.7 Å². The maximum absolute atomic E-state index is 13.2. The molecule has 0 aliphatic carbocycles. The summed E-state index contributed by atoms with van der Waals surface area (Å²) in [5, 5.41) is 3.02. The van der Waals surface area contributed by atoms with Crippen LogP contribution in [0.25, 0.3) is 0 Å². The van der Waals surface area contributed by atoms with E-state index in [0.29, 0.717) is 38.7 Å². The van der Waals surface area contributed by atoms with E-state index in [0.717, 1.165) is 6.07 Å². The van der Waals surface area contributed by atoms with Crippen molar-refractivity contribution in [1.82, 2.24) is 9.62 Å². The molecule has 0 unspecified atom stereocenters. The first-order valence-corrected chi connectivity index (χ1v) is 9.69. The summed E-state index contributed by atoms with van der Waals surface area (Å²) in [5.74, 6) is -2.26. The molecule has 1 aromatic carbocycles. The number of carbonyl (C=O) groups is 1. The summed E-state index contributed by atoms with van der Waals surface area (Å²) >= 11 is 2.96. The summed E-state index contributed by atoms with van der Waals surface area (Å²) in [6.07, 6.45) is 0. The average Bonchev–Trinajstić information content (AvgIpc) is 2.51. The van der Waals surface area contributed by atoms with Crippen molar-refractivity contribution in [2.75, 3.05) is 26.2 Å². The number of benzene rings is 1. The van der Waals surface area contributed by atoms with E-state index in [2.05, 4.69) is 26.0 Å². The molecule has 1 aromatic rings. The zero-order valence-electron chi connectivity index (χ0n) is 14.2. The molecule has 0 bridgehead atoms. The Morgan fingerprint density at radius 2 is 1.72 bits per heavy atom. The highest BCUT2D eigenvalue weighted by atomic mass is 79.9. The van der Waals surface area contributed by atoms with Gasteiger partial charge in [-0.15, -0.1) is 0 Å². The van der Waals surface area contributed by atoms with Gasteiger partial charge in [0.1, 0.15) is 5.60 Å². The Kier molecular flexibility index (Phi) is 7.91. The molecule has 2 rings (SSSR count). The minimum atomic E-state index is -3.79. The normalized spacial score (nSPS) is 15.9. The van der Waals surface area contributed by atoms with Crippen LogP contribution in [-0.2, 0) is 19.6 Å². The molecular formula is C15H21BrF2N2O4S. The SMILES string of the molecule is CC(C)(C)OC=O.O=S(=O)(c1cc(F)c(F)cc1Br)N1CCNCC1. The van der Waals surface area contributed by atoms with Gasteiger partial charge in [-0.1, -0.05) is 0 Å². The highest BCUT2D eigenvalue weighted by Crippen LogP contribution is 2.27. The summed E-state index contributed by atoms with van der Waals surface area (Å²) < 4.78 is 56.5. The van der Waals surface area contributed by atoms with E-state index in [1.807, 2.05) is 20.8 Å². The van der Waals surface area contributed by atoms with E-state index in [-0.39, 0.29) is 15.0 Å². The van der Waals surface area contributed by atoms with E-state index < -0.39 is 21.7 Å². The fraction of sp³-hybridized carbons (Fsp3) is 0.533. The minimum Gasteiger partial charge on any atom is -0.462 e. The number of piperazine rings is 1. The monoisotopic (exact) mass is 442 g/mol. The number of hydrogen-bond donors (Lipinski definition) is 1. The van der Waals surface area contributed by atoms with E-state index in [1.54, 1.807) is 0 Å². The topological polar surface area (TPSA) is 75.7 Å². The maximum atomic E-state index is 13.2. The molecule has 1 aliphatic rings. The van der Waals surface area contributed by atoms with Gasteiger partial charge in [0.15, 0.2) is 11.6 Å². The van der Waals surface area contributed by atoms with Crippen molar-refractivity contribution in [2.45, 2.75) is 31.3 Å². The Morgan fingerprint density at radius 3 is 2.16 bits per heavy atom. The predicted molar refractivity (Wildman–Crippen MR) is 92.6 cm³/mol. The number of nitrogens with one attached hydrogen (secondary N) is 1. The highest BCUT2D eigenvalue weighted by Gasteiger charge is 2.28. The van der Waals surface area contributed by atoms with E-state index in [9.17, 15) is 22.0 Å². The maximum Gasteiger partial charge on any atom is 0.293 e. The molecule has 0 aromatic heterocycles. The Labute approximate surface area is 154 Å². The number of rotatable bonds is 3. The van der Waals surface area contributed by atoms with Gasteiger partial charge in [0.25, 0.3) is 6.47 Å². The zero-order valence-corrected chi connectivity index (χ0v) is 16.6. The number of carbonyl (C=O) groups excluding carboxylic acids is 1. The quantitative estimate of drug-likeness (QED) is 0.573. The predicted octanol–water partition coefficient (Wildman–Crippen LogP) is 2.28. The van der Waals surface area contributed by atoms with Gasteiger partial charge in [0, 0.05) is 30.7 Å². The lowest BCUT2D eigenvalue weighted by atomic mass is 10.2. The number of hydrogen-bond acceptors (Lipinski definition) is 5. The lowest BCUT2D eigenvalue weighted by molar-refractivity contribution is -0.138. The molecular weight excluding hydrogens is 422 g/mol. The molecule has 1 heterocycles. The first-order chi connectivity index (χ1) is 11.5. The largest absolute Gasteiger partial charge is 0.462 e. The van der Waals surface area contributed by atoms with Gasteiger partial charge < -0.3 is 10.1 Å². The van der Waals surface area contributed by atoms with Gasteiger partial charge in [-0.2, -0.15) is 4.31 Å². The first-order valence-electron chi connectivity index (χ1n) is 7.46. The zero-order chi connectivity index (χ0) is 19.3. The molecule has 0 saturated carbocycles. The molecule has 10 heteroatoms. The Hall–Kier alpha value is -1.10. The Balaban J connectivity index is 0.000000381. The van der Waals surface area contributed by atoms with Crippen molar-refractivity contribution in [3.05, 3.63) is 28.2 Å². The molecule has 0 atom stereocenters. The number of ether oxygens (including phenoxy) is 1. The van der Waals surface area contributed by atoms with Crippen LogP contribution in [0.4, 0.5) is 8.78 Å². The van der Waals surface area contributed by atoms with E-state index >= 15 is 0 Å². The second-order valence-corrected chi connectivity index (χ2v) is 8.94.